The summed E-state index contributed by atoms with van der Waals surface area (Å²) in [7, 11) is -1.75. The number of carbonyl (C=O) groups is 1. The monoisotopic (exact) mass is 414 g/mol. The number of sulfone groups is 1. The van der Waals surface area contributed by atoms with E-state index in [0.717, 1.165) is 0 Å². The van der Waals surface area contributed by atoms with Crippen LogP contribution in [0.3, 0.4) is 0 Å². The van der Waals surface area contributed by atoms with Crippen LogP contribution < -0.4 is 5.32 Å². The van der Waals surface area contributed by atoms with Crippen molar-refractivity contribution in [2.24, 2.45) is 7.05 Å². The summed E-state index contributed by atoms with van der Waals surface area (Å²) in [4.78, 5) is 23.3. The van der Waals surface area contributed by atoms with Gasteiger partial charge in [-0.05, 0) is 30.3 Å². The van der Waals surface area contributed by atoms with Gasteiger partial charge in [-0.15, -0.1) is 0 Å². The van der Waals surface area contributed by atoms with Crippen LogP contribution in [-0.2, 0) is 16.9 Å². The molecule has 3 rings (SSSR count). The number of nitrogens with one attached hydrogen (secondary N) is 1. The normalized spacial score (nSPS) is 11.2. The quantitative estimate of drug-likeness (QED) is 0.488. The molecule has 10 heteroatoms. The highest BCUT2D eigenvalue weighted by atomic mass is 32.2. The molecule has 2 aromatic carbocycles. The third-order valence-electron chi connectivity index (χ3n) is 4.26. The molecular formula is C19H18N4O5S. The van der Waals surface area contributed by atoms with Crippen molar-refractivity contribution in [3.05, 3.63) is 70.4 Å². The number of benzene rings is 2. The van der Waals surface area contributed by atoms with E-state index in [9.17, 15) is 23.3 Å². The molecule has 1 heterocycles. The molecule has 3 aromatic rings. The Morgan fingerprint density at radius 1 is 1.21 bits per heavy atom. The van der Waals surface area contributed by atoms with Crippen LogP contribution in [0.1, 0.15) is 17.3 Å². The number of rotatable bonds is 6. The standard InChI is InChI=1S/C19H18N4O5S/c1-3-29(27,28)16-6-4-5-14(11-16)20-19(24)17-12-22(2)21-18(17)13-7-9-15(10-8-13)23(25)26/h4-12H,3H2,1-2H3,(H,20,24). The lowest BCUT2D eigenvalue weighted by Crippen LogP contribution is -2.13. The van der Waals surface area contributed by atoms with E-state index in [1.54, 1.807) is 26.1 Å². The van der Waals surface area contributed by atoms with Gasteiger partial charge in [0.15, 0.2) is 9.84 Å². The van der Waals surface area contributed by atoms with Crippen molar-refractivity contribution in [2.45, 2.75) is 11.8 Å². The summed E-state index contributed by atoms with van der Waals surface area (Å²) in [5.41, 5.74) is 1.43. The van der Waals surface area contributed by atoms with E-state index < -0.39 is 20.7 Å². The molecule has 1 amide bonds. The minimum atomic E-state index is -3.40. The van der Waals surface area contributed by atoms with Crippen LogP contribution in [0.5, 0.6) is 0 Å². The molecule has 150 valence electrons. The maximum atomic E-state index is 12.8. The Hall–Kier alpha value is -3.53. The van der Waals surface area contributed by atoms with Gasteiger partial charge in [-0.3, -0.25) is 19.6 Å². The average molecular weight is 414 g/mol. The Labute approximate surface area is 167 Å². The molecule has 1 aromatic heterocycles. The van der Waals surface area contributed by atoms with Crippen LogP contribution in [0.25, 0.3) is 11.3 Å². The predicted molar refractivity (Wildman–Crippen MR) is 107 cm³/mol. The van der Waals surface area contributed by atoms with E-state index >= 15 is 0 Å². The third kappa shape index (κ3) is 4.32. The molecule has 0 bridgehead atoms. The highest BCUT2D eigenvalue weighted by molar-refractivity contribution is 7.91. The molecule has 0 saturated heterocycles. The summed E-state index contributed by atoms with van der Waals surface area (Å²) in [5, 5.41) is 17.8. The molecule has 0 spiro atoms. The number of anilines is 1. The second kappa shape index (κ2) is 7.84. The lowest BCUT2D eigenvalue weighted by Gasteiger charge is -2.08. The first kappa shape index (κ1) is 20.2. The molecular weight excluding hydrogens is 396 g/mol. The lowest BCUT2D eigenvalue weighted by molar-refractivity contribution is -0.384. The van der Waals surface area contributed by atoms with E-state index in [2.05, 4.69) is 10.4 Å². The van der Waals surface area contributed by atoms with Gasteiger partial charge in [-0.25, -0.2) is 8.42 Å². The summed E-state index contributed by atoms with van der Waals surface area (Å²) >= 11 is 0. The Bertz CT molecular complexity index is 1180. The van der Waals surface area contributed by atoms with Gasteiger partial charge < -0.3 is 5.32 Å². The van der Waals surface area contributed by atoms with Crippen molar-refractivity contribution in [2.75, 3.05) is 11.1 Å². The van der Waals surface area contributed by atoms with Crippen LogP contribution in [0.15, 0.2) is 59.6 Å². The van der Waals surface area contributed by atoms with Gasteiger partial charge in [0.2, 0.25) is 0 Å². The van der Waals surface area contributed by atoms with Crippen molar-refractivity contribution < 1.29 is 18.1 Å². The van der Waals surface area contributed by atoms with Crippen molar-refractivity contribution in [1.82, 2.24) is 9.78 Å². The van der Waals surface area contributed by atoms with Crippen LogP contribution in [0.2, 0.25) is 0 Å². The van der Waals surface area contributed by atoms with Crippen LogP contribution >= 0.6 is 0 Å². The number of aromatic nitrogens is 2. The number of hydrogen-bond donors (Lipinski definition) is 1. The van der Waals surface area contributed by atoms with Crippen LogP contribution in [-0.4, -0.2) is 34.8 Å². The van der Waals surface area contributed by atoms with Crippen molar-refractivity contribution in [1.29, 1.82) is 0 Å². The van der Waals surface area contributed by atoms with E-state index in [4.69, 9.17) is 0 Å². The van der Waals surface area contributed by atoms with Gasteiger partial charge in [0, 0.05) is 36.6 Å². The molecule has 0 unspecified atom stereocenters. The van der Waals surface area contributed by atoms with Crippen LogP contribution in [0.4, 0.5) is 11.4 Å². The number of nitro benzene ring substituents is 1. The second-order valence-electron chi connectivity index (χ2n) is 6.25. The van der Waals surface area contributed by atoms with Gasteiger partial charge in [0.05, 0.1) is 21.1 Å². The molecule has 9 nitrogen and oxygen atoms in total. The minimum Gasteiger partial charge on any atom is -0.322 e. The van der Waals surface area contributed by atoms with Gasteiger partial charge in [-0.1, -0.05) is 13.0 Å². The highest BCUT2D eigenvalue weighted by Gasteiger charge is 2.19. The molecule has 0 aliphatic rings. The van der Waals surface area contributed by atoms with Gasteiger partial charge in [-0.2, -0.15) is 5.10 Å². The fourth-order valence-corrected chi connectivity index (χ4v) is 3.67. The molecule has 0 aliphatic heterocycles. The van der Waals surface area contributed by atoms with Gasteiger partial charge >= 0.3 is 0 Å². The minimum absolute atomic E-state index is 0.0443. The van der Waals surface area contributed by atoms with Gasteiger partial charge in [0.1, 0.15) is 5.69 Å². The first-order valence-electron chi connectivity index (χ1n) is 8.64. The predicted octanol–water partition coefficient (Wildman–Crippen LogP) is 3.04. The number of aryl methyl sites for hydroxylation is 1. The average Bonchev–Trinajstić information content (AvgIpc) is 3.10. The first-order chi connectivity index (χ1) is 13.7. The number of nitrogens with zero attached hydrogens (tertiary/aromatic N) is 3. The van der Waals surface area contributed by atoms with E-state index in [0.29, 0.717) is 16.9 Å². The summed E-state index contributed by atoms with van der Waals surface area (Å²) in [6.07, 6.45) is 1.53. The number of nitro groups is 1. The molecule has 29 heavy (non-hydrogen) atoms. The lowest BCUT2D eigenvalue weighted by atomic mass is 10.1. The van der Waals surface area contributed by atoms with Gasteiger partial charge in [0.25, 0.3) is 11.6 Å². The Balaban J connectivity index is 1.91. The Kier molecular flexibility index (Phi) is 5.46. The van der Waals surface area contributed by atoms with Crippen molar-refractivity contribution >= 4 is 27.1 Å². The largest absolute Gasteiger partial charge is 0.322 e. The smallest absolute Gasteiger partial charge is 0.269 e. The van der Waals surface area contributed by atoms with E-state index in [1.165, 1.54) is 47.3 Å². The molecule has 1 N–H and O–H groups in total. The molecule has 0 fully saturated rings. The zero-order valence-corrected chi connectivity index (χ0v) is 16.5. The fourth-order valence-electron chi connectivity index (χ4n) is 2.74. The highest BCUT2D eigenvalue weighted by Crippen LogP contribution is 2.25. The number of amides is 1. The Morgan fingerprint density at radius 3 is 2.52 bits per heavy atom. The third-order valence-corrected chi connectivity index (χ3v) is 5.99. The topological polar surface area (TPSA) is 124 Å². The molecule has 0 aliphatic carbocycles. The summed E-state index contributed by atoms with van der Waals surface area (Å²) in [5.74, 6) is -0.519. The van der Waals surface area contributed by atoms with Crippen molar-refractivity contribution in [3.8, 4) is 11.3 Å². The summed E-state index contributed by atoms with van der Waals surface area (Å²) < 4.78 is 25.6. The zero-order chi connectivity index (χ0) is 21.2. The molecule has 0 atom stereocenters. The number of carbonyl (C=O) groups excluding carboxylic acids is 1. The summed E-state index contributed by atoms with van der Waals surface area (Å²) in [6.45, 7) is 1.55. The van der Waals surface area contributed by atoms with Crippen molar-refractivity contribution in [3.63, 3.8) is 0 Å². The molecule has 0 saturated carbocycles. The molecule has 0 radical (unpaired) electrons. The van der Waals surface area contributed by atoms with Crippen LogP contribution in [0, 0.1) is 10.1 Å². The zero-order valence-electron chi connectivity index (χ0n) is 15.7. The van der Waals surface area contributed by atoms with E-state index in [-0.39, 0.29) is 21.9 Å². The van der Waals surface area contributed by atoms with E-state index in [1.807, 2.05) is 0 Å². The SMILES string of the molecule is CCS(=O)(=O)c1cccc(NC(=O)c2cn(C)nc2-c2ccc([N+](=O)[O-])cc2)c1. The fraction of sp³-hybridized carbons (Fsp3) is 0.158. The number of hydrogen-bond acceptors (Lipinski definition) is 6. The second-order valence-corrected chi connectivity index (χ2v) is 8.53. The first-order valence-corrected chi connectivity index (χ1v) is 10.3. The Morgan fingerprint density at radius 2 is 1.90 bits per heavy atom. The number of non-ortho nitro benzene ring substituents is 1. The maximum absolute atomic E-state index is 12.8. The summed E-state index contributed by atoms with van der Waals surface area (Å²) in [6, 6.07) is 11.7. The maximum Gasteiger partial charge on any atom is 0.269 e.